The number of hydrogen-bond donors (Lipinski definition) is 1. The first-order chi connectivity index (χ1) is 11.1. The van der Waals surface area contributed by atoms with E-state index in [1.807, 2.05) is 0 Å². The van der Waals surface area contributed by atoms with Gasteiger partial charge in [0.05, 0.1) is 6.26 Å². The van der Waals surface area contributed by atoms with Gasteiger partial charge in [-0.2, -0.15) is 0 Å². The third-order valence-corrected chi connectivity index (χ3v) is 3.93. The van der Waals surface area contributed by atoms with Crippen molar-refractivity contribution in [1.82, 2.24) is 9.80 Å². The molecule has 0 spiro atoms. The number of hydrogen-bond acceptors (Lipinski definition) is 3. The highest BCUT2D eigenvalue weighted by Crippen LogP contribution is 2.15. The second kappa shape index (κ2) is 6.75. The van der Waals surface area contributed by atoms with Crippen molar-refractivity contribution in [2.75, 3.05) is 31.5 Å². The average Bonchev–Trinajstić information content (AvgIpc) is 3.11. The summed E-state index contributed by atoms with van der Waals surface area (Å²) in [5.41, 5.74) is 0.688. The Labute approximate surface area is 138 Å². The van der Waals surface area contributed by atoms with Gasteiger partial charge in [-0.15, -0.1) is 0 Å². The van der Waals surface area contributed by atoms with Crippen molar-refractivity contribution in [2.45, 2.75) is 0 Å². The normalized spacial score (nSPS) is 14.7. The molecular weight excluding hydrogens is 318 g/mol. The van der Waals surface area contributed by atoms with Crippen LogP contribution in [0.2, 0.25) is 5.02 Å². The second-order valence-corrected chi connectivity index (χ2v) is 5.63. The van der Waals surface area contributed by atoms with Crippen molar-refractivity contribution < 1.29 is 14.0 Å². The quantitative estimate of drug-likeness (QED) is 0.919. The van der Waals surface area contributed by atoms with Crippen LogP contribution in [-0.4, -0.2) is 47.9 Å². The molecule has 6 nitrogen and oxygen atoms in total. The Hall–Kier alpha value is -2.47. The van der Waals surface area contributed by atoms with E-state index < -0.39 is 0 Å². The number of urea groups is 1. The van der Waals surface area contributed by atoms with Crippen LogP contribution >= 0.6 is 11.6 Å². The van der Waals surface area contributed by atoms with Crippen LogP contribution in [0.1, 0.15) is 10.6 Å². The molecule has 0 aliphatic carbocycles. The van der Waals surface area contributed by atoms with Crippen molar-refractivity contribution in [2.24, 2.45) is 0 Å². The number of carbonyl (C=O) groups is 2. The fourth-order valence-electron chi connectivity index (χ4n) is 2.40. The van der Waals surface area contributed by atoms with E-state index >= 15 is 0 Å². The van der Waals surface area contributed by atoms with Gasteiger partial charge in [-0.25, -0.2) is 4.79 Å². The minimum Gasteiger partial charge on any atom is -0.459 e. The van der Waals surface area contributed by atoms with Crippen LogP contribution in [0.4, 0.5) is 10.5 Å². The molecule has 1 N–H and O–H groups in total. The molecular formula is C16H16ClN3O3. The molecule has 1 aromatic heterocycles. The van der Waals surface area contributed by atoms with Crippen molar-refractivity contribution in [3.05, 3.63) is 53.4 Å². The molecule has 0 saturated carbocycles. The predicted octanol–water partition coefficient (Wildman–Crippen LogP) is 2.92. The first kappa shape index (κ1) is 15.4. The summed E-state index contributed by atoms with van der Waals surface area (Å²) in [5.74, 6) is 0.178. The van der Waals surface area contributed by atoms with Gasteiger partial charge < -0.3 is 19.5 Å². The van der Waals surface area contributed by atoms with Gasteiger partial charge in [0.1, 0.15) is 0 Å². The molecule has 0 radical (unpaired) electrons. The number of rotatable bonds is 2. The minimum absolute atomic E-state index is 0.146. The number of halogens is 1. The highest BCUT2D eigenvalue weighted by Gasteiger charge is 2.26. The SMILES string of the molecule is O=C(Nc1ccc(Cl)cc1)N1CCN(C(=O)c2ccco2)CC1. The third-order valence-electron chi connectivity index (χ3n) is 3.68. The van der Waals surface area contributed by atoms with Gasteiger partial charge in [0.25, 0.3) is 5.91 Å². The summed E-state index contributed by atoms with van der Waals surface area (Å²) in [5, 5.41) is 3.44. The van der Waals surface area contributed by atoms with Gasteiger partial charge in [-0.3, -0.25) is 4.79 Å². The number of amides is 3. The lowest BCUT2D eigenvalue weighted by Gasteiger charge is -2.34. The molecule has 3 amide bonds. The monoisotopic (exact) mass is 333 g/mol. The van der Waals surface area contributed by atoms with E-state index in [1.54, 1.807) is 46.2 Å². The van der Waals surface area contributed by atoms with Crippen molar-refractivity contribution in [3.63, 3.8) is 0 Å². The third kappa shape index (κ3) is 3.65. The average molecular weight is 334 g/mol. The van der Waals surface area contributed by atoms with Crippen molar-refractivity contribution >= 4 is 29.2 Å². The summed E-state index contributed by atoms with van der Waals surface area (Å²) in [4.78, 5) is 27.7. The van der Waals surface area contributed by atoms with E-state index in [1.165, 1.54) is 6.26 Å². The zero-order valence-corrected chi connectivity index (χ0v) is 13.1. The molecule has 0 unspecified atom stereocenters. The molecule has 23 heavy (non-hydrogen) atoms. The van der Waals surface area contributed by atoms with E-state index in [2.05, 4.69) is 5.32 Å². The van der Waals surface area contributed by atoms with Crippen LogP contribution in [0.15, 0.2) is 47.1 Å². The highest BCUT2D eigenvalue weighted by atomic mass is 35.5. The Morgan fingerprint density at radius 3 is 2.26 bits per heavy atom. The molecule has 0 atom stereocenters. The molecule has 0 bridgehead atoms. The Balaban J connectivity index is 1.53. The standard InChI is InChI=1S/C16H16ClN3O3/c17-12-3-5-13(6-4-12)18-16(22)20-9-7-19(8-10-20)15(21)14-2-1-11-23-14/h1-6,11H,7-10H2,(H,18,22). The van der Waals surface area contributed by atoms with Gasteiger partial charge >= 0.3 is 6.03 Å². The van der Waals surface area contributed by atoms with E-state index in [4.69, 9.17) is 16.0 Å². The van der Waals surface area contributed by atoms with Crippen LogP contribution in [-0.2, 0) is 0 Å². The van der Waals surface area contributed by atoms with Crippen LogP contribution < -0.4 is 5.32 Å². The minimum atomic E-state index is -0.183. The molecule has 3 rings (SSSR count). The Kier molecular flexibility index (Phi) is 4.52. The van der Waals surface area contributed by atoms with E-state index in [0.717, 1.165) is 0 Å². The maximum atomic E-state index is 12.2. The first-order valence-corrected chi connectivity index (χ1v) is 7.65. The van der Waals surface area contributed by atoms with Crippen molar-refractivity contribution in [1.29, 1.82) is 0 Å². The molecule has 2 aromatic rings. The topological polar surface area (TPSA) is 65.8 Å². The lowest BCUT2D eigenvalue weighted by atomic mass is 10.3. The largest absolute Gasteiger partial charge is 0.459 e. The highest BCUT2D eigenvalue weighted by molar-refractivity contribution is 6.30. The van der Waals surface area contributed by atoms with Crippen LogP contribution in [0.3, 0.4) is 0 Å². The molecule has 1 fully saturated rings. The fourth-order valence-corrected chi connectivity index (χ4v) is 2.53. The van der Waals surface area contributed by atoms with E-state index in [-0.39, 0.29) is 11.9 Å². The molecule has 7 heteroatoms. The molecule has 1 aliphatic heterocycles. The summed E-state index contributed by atoms with van der Waals surface area (Å²) in [6, 6.07) is 10.1. The number of anilines is 1. The fraction of sp³-hybridized carbons (Fsp3) is 0.250. The zero-order valence-electron chi connectivity index (χ0n) is 12.4. The number of furan rings is 1. The van der Waals surface area contributed by atoms with Gasteiger partial charge in [0, 0.05) is 36.9 Å². The summed E-state index contributed by atoms with van der Waals surface area (Å²) in [6.45, 7) is 1.92. The number of nitrogens with zero attached hydrogens (tertiary/aromatic N) is 2. The predicted molar refractivity (Wildman–Crippen MR) is 86.7 cm³/mol. The molecule has 1 aromatic carbocycles. The van der Waals surface area contributed by atoms with E-state index in [9.17, 15) is 9.59 Å². The maximum absolute atomic E-state index is 12.2. The smallest absolute Gasteiger partial charge is 0.321 e. The maximum Gasteiger partial charge on any atom is 0.321 e. The number of benzene rings is 1. The van der Waals surface area contributed by atoms with Gasteiger partial charge in [0.15, 0.2) is 5.76 Å². The molecule has 2 heterocycles. The summed E-state index contributed by atoms with van der Waals surface area (Å²) in [6.07, 6.45) is 1.48. The number of carbonyl (C=O) groups excluding carboxylic acids is 2. The number of nitrogens with one attached hydrogen (secondary N) is 1. The number of piperazine rings is 1. The summed E-state index contributed by atoms with van der Waals surface area (Å²) < 4.78 is 5.12. The van der Waals surface area contributed by atoms with Gasteiger partial charge in [-0.05, 0) is 36.4 Å². The van der Waals surface area contributed by atoms with Crippen molar-refractivity contribution in [3.8, 4) is 0 Å². The molecule has 1 aliphatic rings. The lowest BCUT2D eigenvalue weighted by Crippen LogP contribution is -2.51. The van der Waals surface area contributed by atoms with Gasteiger partial charge in [0.2, 0.25) is 0 Å². The second-order valence-electron chi connectivity index (χ2n) is 5.19. The first-order valence-electron chi connectivity index (χ1n) is 7.28. The Morgan fingerprint density at radius 1 is 1.00 bits per heavy atom. The summed E-state index contributed by atoms with van der Waals surface area (Å²) >= 11 is 5.82. The molecule has 1 saturated heterocycles. The summed E-state index contributed by atoms with van der Waals surface area (Å²) in [7, 11) is 0. The molecule has 120 valence electrons. The van der Waals surface area contributed by atoms with Gasteiger partial charge in [-0.1, -0.05) is 11.6 Å². The Morgan fingerprint density at radius 2 is 1.65 bits per heavy atom. The van der Waals surface area contributed by atoms with E-state index in [0.29, 0.717) is 42.6 Å². The Bertz CT molecular complexity index is 677. The van der Waals surface area contributed by atoms with Crippen LogP contribution in [0.5, 0.6) is 0 Å². The van der Waals surface area contributed by atoms with Crippen LogP contribution in [0, 0.1) is 0 Å². The van der Waals surface area contributed by atoms with Crippen LogP contribution in [0.25, 0.3) is 0 Å². The lowest BCUT2D eigenvalue weighted by molar-refractivity contribution is 0.0640. The zero-order chi connectivity index (χ0) is 16.2.